The number of aromatic carboxylic acids is 2. The molecule has 0 atom stereocenters. The van der Waals surface area contributed by atoms with Crippen molar-refractivity contribution < 1.29 is 19.8 Å². The summed E-state index contributed by atoms with van der Waals surface area (Å²) in [5.74, 6) is -2.10. The molecule has 0 spiro atoms. The van der Waals surface area contributed by atoms with Crippen LogP contribution in [0.15, 0.2) is 76.0 Å². The number of carbonyl (C=O) groups is 2. The Morgan fingerprint density at radius 3 is 1.65 bits per heavy atom. The van der Waals surface area contributed by atoms with E-state index in [-0.39, 0.29) is 22.2 Å². The van der Waals surface area contributed by atoms with E-state index in [1.165, 1.54) is 39.7 Å². The average molecular weight is 498 g/mol. The predicted molar refractivity (Wildman–Crippen MR) is 138 cm³/mol. The van der Waals surface area contributed by atoms with Crippen LogP contribution in [-0.4, -0.2) is 41.7 Å². The first-order valence-electron chi connectivity index (χ1n) is 11.1. The smallest absolute Gasteiger partial charge is 0.335 e. The zero-order valence-electron chi connectivity index (χ0n) is 19.9. The number of hydrogen-bond acceptors (Lipinski definition) is 4. The molecule has 2 aromatic heterocycles. The molecule has 4 aromatic rings. The summed E-state index contributed by atoms with van der Waals surface area (Å²) in [6.45, 7) is 3.48. The molecule has 0 saturated heterocycles. The van der Waals surface area contributed by atoms with Gasteiger partial charge in [0.2, 0.25) is 0 Å². The van der Waals surface area contributed by atoms with Gasteiger partial charge in [-0.2, -0.15) is 0 Å². The van der Waals surface area contributed by atoms with Crippen LogP contribution in [0.25, 0.3) is 23.5 Å². The number of allylic oxidation sites excluding steroid dienone is 2. The maximum Gasteiger partial charge on any atom is 0.335 e. The third kappa shape index (κ3) is 5.04. The van der Waals surface area contributed by atoms with Crippen molar-refractivity contribution in [3.63, 3.8) is 0 Å². The molecule has 0 bridgehead atoms. The zero-order chi connectivity index (χ0) is 26.7. The fourth-order valence-electron chi connectivity index (χ4n) is 3.69. The molecular weight excluding hydrogens is 476 g/mol. The molecule has 4 rings (SSSR count). The number of H-pyrrole nitrogens is 2. The number of aromatic amines is 2. The first-order chi connectivity index (χ1) is 17.7. The molecule has 0 unspecified atom stereocenters. The second-order valence-electron chi connectivity index (χ2n) is 8.12. The molecule has 0 fully saturated rings. The van der Waals surface area contributed by atoms with Gasteiger partial charge in [0.05, 0.1) is 33.6 Å². The summed E-state index contributed by atoms with van der Waals surface area (Å²) in [4.78, 5) is 47.7. The van der Waals surface area contributed by atoms with E-state index >= 15 is 0 Å². The predicted octanol–water partition coefficient (Wildman–Crippen LogP) is 3.54. The SMILES string of the molecule is Cc1[nH]n(-c2ccc(C(=O)O)cc2)c(=O)c1C=C=CC=Cc1c(C)[nH]n(-c2ccc(C(=O)O)cc2)c1=O. The second-order valence-corrected chi connectivity index (χ2v) is 8.12. The maximum absolute atomic E-state index is 12.8. The average Bonchev–Trinajstić information content (AvgIpc) is 3.33. The maximum atomic E-state index is 12.8. The number of rotatable bonds is 7. The van der Waals surface area contributed by atoms with Crippen LogP contribution >= 0.6 is 0 Å². The van der Waals surface area contributed by atoms with Crippen LogP contribution in [0.2, 0.25) is 0 Å². The lowest BCUT2D eigenvalue weighted by molar-refractivity contribution is 0.0686. The summed E-state index contributed by atoms with van der Waals surface area (Å²) in [6.07, 6.45) is 6.32. The largest absolute Gasteiger partial charge is 0.478 e. The van der Waals surface area contributed by atoms with Crippen molar-refractivity contribution in [3.8, 4) is 11.4 Å². The van der Waals surface area contributed by atoms with Crippen LogP contribution in [0.4, 0.5) is 0 Å². The number of aryl methyl sites for hydroxylation is 2. The molecule has 10 heteroatoms. The van der Waals surface area contributed by atoms with Crippen molar-refractivity contribution in [2.24, 2.45) is 0 Å². The molecule has 37 heavy (non-hydrogen) atoms. The van der Waals surface area contributed by atoms with Crippen molar-refractivity contribution in [2.45, 2.75) is 13.8 Å². The molecule has 10 nitrogen and oxygen atoms in total. The molecule has 0 aliphatic rings. The summed E-state index contributed by atoms with van der Waals surface area (Å²) in [5, 5.41) is 24.0. The Morgan fingerprint density at radius 2 is 1.19 bits per heavy atom. The molecule has 2 aromatic carbocycles. The number of benzene rings is 2. The highest BCUT2D eigenvalue weighted by Gasteiger charge is 2.12. The molecular formula is C27H22N4O6. The quantitative estimate of drug-likeness (QED) is 0.226. The van der Waals surface area contributed by atoms with Crippen molar-refractivity contribution in [3.05, 3.63) is 121 Å². The van der Waals surface area contributed by atoms with Gasteiger partial charge < -0.3 is 10.2 Å². The highest BCUT2D eigenvalue weighted by atomic mass is 16.4. The Morgan fingerprint density at radius 1 is 0.757 bits per heavy atom. The summed E-state index contributed by atoms with van der Waals surface area (Å²) in [7, 11) is 0. The summed E-state index contributed by atoms with van der Waals surface area (Å²) in [5.41, 5.74) is 5.59. The van der Waals surface area contributed by atoms with E-state index in [0.29, 0.717) is 33.9 Å². The third-order valence-corrected chi connectivity index (χ3v) is 5.66. The van der Waals surface area contributed by atoms with Crippen LogP contribution in [-0.2, 0) is 0 Å². The Kier molecular flexibility index (Phi) is 6.77. The molecule has 186 valence electrons. The highest BCUT2D eigenvalue weighted by Crippen LogP contribution is 2.12. The van der Waals surface area contributed by atoms with Crippen molar-refractivity contribution in [1.82, 2.24) is 19.6 Å². The first-order valence-corrected chi connectivity index (χ1v) is 11.1. The number of aromatic nitrogens is 4. The fourth-order valence-corrected chi connectivity index (χ4v) is 3.69. The van der Waals surface area contributed by atoms with Gasteiger partial charge in [-0.15, -0.1) is 5.73 Å². The summed E-state index contributed by atoms with van der Waals surface area (Å²) >= 11 is 0. The van der Waals surface area contributed by atoms with Crippen molar-refractivity contribution in [1.29, 1.82) is 0 Å². The van der Waals surface area contributed by atoms with E-state index in [0.717, 1.165) is 0 Å². The monoisotopic (exact) mass is 498 g/mol. The van der Waals surface area contributed by atoms with Gasteiger partial charge in [0.1, 0.15) is 0 Å². The molecule has 2 heterocycles. The Balaban J connectivity index is 1.55. The van der Waals surface area contributed by atoms with Crippen LogP contribution < -0.4 is 11.1 Å². The topological polar surface area (TPSA) is 150 Å². The van der Waals surface area contributed by atoms with Gasteiger partial charge in [0.25, 0.3) is 11.1 Å². The number of nitrogens with one attached hydrogen (secondary N) is 2. The van der Waals surface area contributed by atoms with Crippen LogP contribution in [0.1, 0.15) is 43.2 Å². The first kappa shape index (κ1) is 24.8. The fraction of sp³-hybridized carbons (Fsp3) is 0.0741. The minimum absolute atomic E-state index is 0.121. The molecule has 0 saturated carbocycles. The standard InChI is InChI=1S/C27H22N4O6/c1-16-22(24(32)30(28-16)20-12-8-18(9-13-20)26(34)35)6-4-3-5-7-23-17(2)29-31(25(23)33)21-14-10-19(11-15-21)27(36)37/h3-4,6-15,28-29H,1-2H3,(H,34,35)(H,36,37). The van der Waals surface area contributed by atoms with Crippen molar-refractivity contribution >= 4 is 24.1 Å². The van der Waals surface area contributed by atoms with E-state index in [1.807, 2.05) is 0 Å². The lowest BCUT2D eigenvalue weighted by Crippen LogP contribution is -2.16. The van der Waals surface area contributed by atoms with Crippen LogP contribution in [0, 0.1) is 13.8 Å². The van der Waals surface area contributed by atoms with Gasteiger partial charge >= 0.3 is 11.9 Å². The minimum Gasteiger partial charge on any atom is -0.478 e. The van der Waals surface area contributed by atoms with Crippen LogP contribution in [0.5, 0.6) is 0 Å². The molecule has 0 aliphatic heterocycles. The Bertz CT molecular complexity index is 1700. The highest BCUT2D eigenvalue weighted by molar-refractivity contribution is 5.88. The summed E-state index contributed by atoms with van der Waals surface area (Å²) < 4.78 is 2.65. The van der Waals surface area contributed by atoms with Gasteiger partial charge in [-0.1, -0.05) is 6.08 Å². The number of hydrogen-bond donors (Lipinski definition) is 4. The van der Waals surface area contributed by atoms with E-state index in [9.17, 15) is 19.2 Å². The second kappa shape index (κ2) is 10.1. The molecule has 4 N–H and O–H groups in total. The Hall–Kier alpha value is -5.34. The van der Waals surface area contributed by atoms with Crippen LogP contribution in [0.3, 0.4) is 0 Å². The number of nitrogens with zero attached hydrogens (tertiary/aromatic N) is 2. The Labute approximate surface area is 209 Å². The van der Waals surface area contributed by atoms with Gasteiger partial charge in [0.15, 0.2) is 0 Å². The van der Waals surface area contributed by atoms with Gasteiger partial charge in [-0.25, -0.2) is 19.0 Å². The lowest BCUT2D eigenvalue weighted by Gasteiger charge is -2.01. The van der Waals surface area contributed by atoms with Gasteiger partial charge in [-0.3, -0.25) is 19.8 Å². The molecule has 0 aliphatic carbocycles. The normalized spacial score (nSPS) is 10.9. The van der Waals surface area contributed by atoms with E-state index in [4.69, 9.17) is 10.2 Å². The lowest BCUT2D eigenvalue weighted by atomic mass is 10.2. The van der Waals surface area contributed by atoms with Gasteiger partial charge in [0, 0.05) is 11.4 Å². The minimum atomic E-state index is -1.05. The van der Waals surface area contributed by atoms with Gasteiger partial charge in [-0.05, 0) is 80.6 Å². The third-order valence-electron chi connectivity index (χ3n) is 5.66. The van der Waals surface area contributed by atoms with E-state index in [2.05, 4.69) is 15.9 Å². The number of carboxylic acid groups (broad SMARTS) is 2. The molecule has 0 amide bonds. The van der Waals surface area contributed by atoms with E-state index in [1.54, 1.807) is 56.3 Å². The number of carboxylic acids is 2. The van der Waals surface area contributed by atoms with Crippen molar-refractivity contribution in [2.75, 3.05) is 0 Å². The zero-order valence-corrected chi connectivity index (χ0v) is 19.9. The van der Waals surface area contributed by atoms with E-state index < -0.39 is 11.9 Å². The molecule has 0 radical (unpaired) electrons. The summed E-state index contributed by atoms with van der Waals surface area (Å²) in [6, 6.07) is 11.9.